The van der Waals surface area contributed by atoms with Crippen LogP contribution in [-0.2, 0) is 4.79 Å². The molecule has 0 radical (unpaired) electrons. The number of carboxylic acids is 1. The van der Waals surface area contributed by atoms with Crippen LogP contribution in [0, 0.1) is 12.8 Å². The average molecular weight is 351 g/mol. The number of carboxylic acid groups (broad SMARTS) is 1. The van der Waals surface area contributed by atoms with E-state index in [0.29, 0.717) is 18.1 Å². The molecule has 3 rings (SSSR count). The Kier molecular flexibility index (Phi) is 3.80. The molecule has 0 amide bonds. The highest BCUT2D eigenvalue weighted by Gasteiger charge is 2.37. The molecule has 1 N–H and O–H groups in total. The third-order valence-electron chi connectivity index (χ3n) is 4.02. The van der Waals surface area contributed by atoms with E-state index in [1.54, 1.807) is 0 Å². The van der Waals surface area contributed by atoms with Gasteiger partial charge in [-0.25, -0.2) is 0 Å². The molecular formula is C15H15BrN2O3. The van der Waals surface area contributed by atoms with Crippen LogP contribution in [0.2, 0.25) is 0 Å². The van der Waals surface area contributed by atoms with Crippen molar-refractivity contribution in [1.82, 2.24) is 10.1 Å². The summed E-state index contributed by atoms with van der Waals surface area (Å²) in [6, 6.07) is 5.84. The zero-order chi connectivity index (χ0) is 15.0. The van der Waals surface area contributed by atoms with Gasteiger partial charge in [-0.3, -0.25) is 4.79 Å². The number of aromatic nitrogens is 2. The molecule has 1 fully saturated rings. The second-order valence-corrected chi connectivity index (χ2v) is 6.31. The predicted octanol–water partition coefficient (Wildman–Crippen LogP) is 3.78. The first-order valence-electron chi connectivity index (χ1n) is 6.89. The van der Waals surface area contributed by atoms with Crippen LogP contribution in [0.3, 0.4) is 0 Å². The van der Waals surface area contributed by atoms with Gasteiger partial charge in [-0.15, -0.1) is 0 Å². The molecular weight excluding hydrogens is 336 g/mol. The fourth-order valence-electron chi connectivity index (χ4n) is 2.92. The van der Waals surface area contributed by atoms with Gasteiger partial charge in [-0.05, 0) is 43.5 Å². The van der Waals surface area contributed by atoms with Gasteiger partial charge >= 0.3 is 5.97 Å². The predicted molar refractivity (Wildman–Crippen MR) is 79.9 cm³/mol. The normalized spacial score (nSPS) is 21.6. The minimum absolute atomic E-state index is 0.167. The number of aliphatic carboxylic acids is 1. The standard InChI is InChI=1S/C15H15BrN2O3/c1-8-7-9(16)5-6-10(8)13-17-14(21-18-13)11-3-2-4-12(11)15(19)20/h5-7,11-12H,2-4H2,1H3,(H,19,20). The van der Waals surface area contributed by atoms with Crippen molar-refractivity contribution < 1.29 is 14.4 Å². The van der Waals surface area contributed by atoms with E-state index in [4.69, 9.17) is 4.52 Å². The Morgan fingerprint density at radius 1 is 1.43 bits per heavy atom. The maximum absolute atomic E-state index is 11.3. The fraction of sp³-hybridized carbons (Fsp3) is 0.400. The lowest BCUT2D eigenvalue weighted by Crippen LogP contribution is -2.17. The summed E-state index contributed by atoms with van der Waals surface area (Å²) < 4.78 is 6.33. The van der Waals surface area contributed by atoms with E-state index in [1.807, 2.05) is 25.1 Å². The molecule has 110 valence electrons. The van der Waals surface area contributed by atoms with Crippen LogP contribution in [0.25, 0.3) is 11.4 Å². The van der Waals surface area contributed by atoms with Crippen molar-refractivity contribution in [3.63, 3.8) is 0 Å². The molecule has 1 aliphatic carbocycles. The molecule has 1 saturated carbocycles. The third kappa shape index (κ3) is 2.72. The van der Waals surface area contributed by atoms with Gasteiger partial charge in [-0.1, -0.05) is 27.5 Å². The monoisotopic (exact) mass is 350 g/mol. The summed E-state index contributed by atoms with van der Waals surface area (Å²) in [5, 5.41) is 13.3. The lowest BCUT2D eigenvalue weighted by atomic mass is 9.96. The first-order chi connectivity index (χ1) is 10.1. The van der Waals surface area contributed by atoms with Gasteiger partial charge in [0.05, 0.1) is 11.8 Å². The van der Waals surface area contributed by atoms with E-state index < -0.39 is 11.9 Å². The van der Waals surface area contributed by atoms with Gasteiger partial charge in [-0.2, -0.15) is 4.98 Å². The highest BCUT2D eigenvalue weighted by molar-refractivity contribution is 9.10. The topological polar surface area (TPSA) is 76.2 Å². The van der Waals surface area contributed by atoms with Crippen molar-refractivity contribution in [3.05, 3.63) is 34.1 Å². The largest absolute Gasteiger partial charge is 0.481 e. The van der Waals surface area contributed by atoms with Crippen molar-refractivity contribution in [2.24, 2.45) is 5.92 Å². The second-order valence-electron chi connectivity index (χ2n) is 5.40. The van der Waals surface area contributed by atoms with Crippen molar-refractivity contribution in [2.75, 3.05) is 0 Å². The summed E-state index contributed by atoms with van der Waals surface area (Å²) in [7, 11) is 0. The van der Waals surface area contributed by atoms with Gasteiger partial charge in [0.2, 0.25) is 11.7 Å². The van der Waals surface area contributed by atoms with E-state index in [0.717, 1.165) is 28.4 Å². The Balaban J connectivity index is 1.91. The van der Waals surface area contributed by atoms with Gasteiger partial charge in [0.1, 0.15) is 0 Å². The Morgan fingerprint density at radius 2 is 2.24 bits per heavy atom. The van der Waals surface area contributed by atoms with Crippen LogP contribution >= 0.6 is 15.9 Å². The summed E-state index contributed by atoms with van der Waals surface area (Å²) >= 11 is 3.42. The van der Waals surface area contributed by atoms with Crippen molar-refractivity contribution in [3.8, 4) is 11.4 Å². The van der Waals surface area contributed by atoms with Crippen LogP contribution in [0.5, 0.6) is 0 Å². The number of rotatable bonds is 3. The van der Waals surface area contributed by atoms with Crippen LogP contribution in [0.4, 0.5) is 0 Å². The Bertz CT molecular complexity index is 683. The molecule has 1 aromatic carbocycles. The van der Waals surface area contributed by atoms with Crippen LogP contribution in [0.1, 0.15) is 36.6 Å². The Hall–Kier alpha value is -1.69. The lowest BCUT2D eigenvalue weighted by molar-refractivity contribution is -0.142. The molecule has 21 heavy (non-hydrogen) atoms. The number of aryl methyl sites for hydroxylation is 1. The van der Waals surface area contributed by atoms with E-state index in [9.17, 15) is 9.90 Å². The molecule has 2 aromatic rings. The summed E-state index contributed by atoms with van der Waals surface area (Å²) in [6.07, 6.45) is 2.35. The van der Waals surface area contributed by atoms with Gasteiger partial charge in [0.25, 0.3) is 0 Å². The molecule has 0 saturated heterocycles. The molecule has 2 atom stereocenters. The lowest BCUT2D eigenvalue weighted by Gasteiger charge is -2.10. The number of benzene rings is 1. The molecule has 5 nitrogen and oxygen atoms in total. The van der Waals surface area contributed by atoms with Crippen LogP contribution in [0.15, 0.2) is 27.2 Å². The molecule has 1 aromatic heterocycles. The van der Waals surface area contributed by atoms with Gasteiger partial charge in [0, 0.05) is 10.0 Å². The highest BCUT2D eigenvalue weighted by Crippen LogP contribution is 2.39. The van der Waals surface area contributed by atoms with E-state index in [2.05, 4.69) is 26.1 Å². The van der Waals surface area contributed by atoms with Crippen molar-refractivity contribution in [1.29, 1.82) is 0 Å². The van der Waals surface area contributed by atoms with Gasteiger partial charge < -0.3 is 9.63 Å². The minimum Gasteiger partial charge on any atom is -0.481 e. The molecule has 0 spiro atoms. The minimum atomic E-state index is -0.780. The maximum Gasteiger partial charge on any atom is 0.307 e. The highest BCUT2D eigenvalue weighted by atomic mass is 79.9. The number of hydrogen-bond donors (Lipinski definition) is 1. The smallest absolute Gasteiger partial charge is 0.307 e. The molecule has 6 heteroatoms. The number of carbonyl (C=O) groups is 1. The van der Waals surface area contributed by atoms with E-state index >= 15 is 0 Å². The molecule has 0 bridgehead atoms. The molecule has 0 aliphatic heterocycles. The molecule has 2 unspecified atom stereocenters. The fourth-order valence-corrected chi connectivity index (χ4v) is 3.40. The second kappa shape index (κ2) is 5.60. The third-order valence-corrected chi connectivity index (χ3v) is 4.51. The van der Waals surface area contributed by atoms with Gasteiger partial charge in [0.15, 0.2) is 0 Å². The van der Waals surface area contributed by atoms with Crippen LogP contribution < -0.4 is 0 Å². The van der Waals surface area contributed by atoms with Crippen molar-refractivity contribution in [2.45, 2.75) is 32.1 Å². The zero-order valence-corrected chi connectivity index (χ0v) is 13.1. The zero-order valence-electron chi connectivity index (χ0n) is 11.5. The first-order valence-corrected chi connectivity index (χ1v) is 7.68. The number of nitrogens with zero attached hydrogens (tertiary/aromatic N) is 2. The Labute approximate surface area is 130 Å². The molecule has 1 heterocycles. The maximum atomic E-state index is 11.3. The molecule has 1 aliphatic rings. The van der Waals surface area contributed by atoms with E-state index in [1.165, 1.54) is 0 Å². The van der Waals surface area contributed by atoms with Crippen molar-refractivity contribution >= 4 is 21.9 Å². The average Bonchev–Trinajstić information content (AvgIpc) is 3.06. The number of hydrogen-bond acceptors (Lipinski definition) is 4. The summed E-state index contributed by atoms with van der Waals surface area (Å²) in [4.78, 5) is 15.7. The summed E-state index contributed by atoms with van der Waals surface area (Å²) in [5.74, 6) is -0.399. The summed E-state index contributed by atoms with van der Waals surface area (Å²) in [6.45, 7) is 1.98. The number of halogens is 1. The summed E-state index contributed by atoms with van der Waals surface area (Å²) in [5.41, 5.74) is 1.94. The SMILES string of the molecule is Cc1cc(Br)ccc1-c1noc(C2CCCC2C(=O)O)n1. The quantitative estimate of drug-likeness (QED) is 0.911. The van der Waals surface area contributed by atoms with E-state index in [-0.39, 0.29) is 5.92 Å². The Morgan fingerprint density at radius 3 is 2.95 bits per heavy atom. The van der Waals surface area contributed by atoms with Crippen LogP contribution in [-0.4, -0.2) is 21.2 Å². The first kappa shape index (κ1) is 14.3.